The summed E-state index contributed by atoms with van der Waals surface area (Å²) >= 11 is 6.08. The molecule has 0 aromatic heterocycles. The van der Waals surface area contributed by atoms with Gasteiger partial charge in [0.1, 0.15) is 0 Å². The highest BCUT2D eigenvalue weighted by Crippen LogP contribution is 2.21. The van der Waals surface area contributed by atoms with Gasteiger partial charge in [-0.25, -0.2) is 8.42 Å². The van der Waals surface area contributed by atoms with Gasteiger partial charge in [-0.3, -0.25) is 4.79 Å². The van der Waals surface area contributed by atoms with E-state index in [-0.39, 0.29) is 23.9 Å². The summed E-state index contributed by atoms with van der Waals surface area (Å²) in [5, 5.41) is 0.405. The second-order valence-electron chi connectivity index (χ2n) is 5.99. The van der Waals surface area contributed by atoms with E-state index in [4.69, 9.17) is 11.6 Å². The summed E-state index contributed by atoms with van der Waals surface area (Å²) in [5.74, 6) is -0.169. The molecular formula is C18H19ClN2O3S. The normalized spacial score (nSPS) is 16.0. The molecule has 0 aliphatic carbocycles. The predicted molar refractivity (Wildman–Crippen MR) is 97.3 cm³/mol. The van der Waals surface area contributed by atoms with E-state index < -0.39 is 10.0 Å². The molecule has 1 fully saturated rings. The molecule has 1 aliphatic heterocycles. The van der Waals surface area contributed by atoms with Crippen molar-refractivity contribution in [2.45, 2.75) is 11.8 Å². The summed E-state index contributed by atoms with van der Waals surface area (Å²) in [7, 11) is -3.53. The summed E-state index contributed by atoms with van der Waals surface area (Å²) in [4.78, 5) is 14.5. The average molecular weight is 379 g/mol. The lowest BCUT2D eigenvalue weighted by Gasteiger charge is -2.34. The van der Waals surface area contributed by atoms with Crippen LogP contribution in [0.5, 0.6) is 0 Å². The molecule has 1 saturated heterocycles. The third kappa shape index (κ3) is 3.71. The molecular weight excluding hydrogens is 360 g/mol. The van der Waals surface area contributed by atoms with Crippen LogP contribution in [-0.4, -0.2) is 49.7 Å². The second kappa shape index (κ2) is 7.15. The fourth-order valence-corrected chi connectivity index (χ4v) is 4.43. The average Bonchev–Trinajstić information content (AvgIpc) is 2.62. The van der Waals surface area contributed by atoms with Crippen molar-refractivity contribution >= 4 is 27.5 Å². The van der Waals surface area contributed by atoms with Crippen molar-refractivity contribution in [1.29, 1.82) is 0 Å². The summed E-state index contributed by atoms with van der Waals surface area (Å²) in [5.41, 5.74) is 1.45. The van der Waals surface area contributed by atoms with E-state index in [0.717, 1.165) is 5.56 Å². The lowest BCUT2D eigenvalue weighted by molar-refractivity contribution is 0.0698. The first-order valence-corrected chi connectivity index (χ1v) is 9.82. The molecule has 1 amide bonds. The van der Waals surface area contributed by atoms with Crippen LogP contribution in [0.1, 0.15) is 15.9 Å². The molecule has 5 nitrogen and oxygen atoms in total. The zero-order valence-electron chi connectivity index (χ0n) is 13.9. The van der Waals surface area contributed by atoms with Crippen LogP contribution < -0.4 is 0 Å². The van der Waals surface area contributed by atoms with Gasteiger partial charge in [0.05, 0.1) is 15.5 Å². The number of benzene rings is 2. The number of aryl methyl sites for hydroxylation is 1. The van der Waals surface area contributed by atoms with Crippen LogP contribution in [0.4, 0.5) is 0 Å². The minimum absolute atomic E-state index is 0.169. The molecule has 7 heteroatoms. The second-order valence-corrected chi connectivity index (χ2v) is 8.33. The molecule has 2 aromatic carbocycles. The molecule has 0 spiro atoms. The summed E-state index contributed by atoms with van der Waals surface area (Å²) in [6, 6.07) is 13.7. The largest absolute Gasteiger partial charge is 0.336 e. The molecule has 25 heavy (non-hydrogen) atoms. The number of hydrogen-bond acceptors (Lipinski definition) is 3. The van der Waals surface area contributed by atoms with Gasteiger partial charge < -0.3 is 4.90 Å². The summed E-state index contributed by atoms with van der Waals surface area (Å²) < 4.78 is 26.8. The number of rotatable bonds is 3. The lowest BCUT2D eigenvalue weighted by atomic mass is 10.2. The van der Waals surface area contributed by atoms with Crippen LogP contribution in [0.3, 0.4) is 0 Å². The maximum Gasteiger partial charge on any atom is 0.255 e. The van der Waals surface area contributed by atoms with Crippen molar-refractivity contribution in [2.75, 3.05) is 26.2 Å². The smallest absolute Gasteiger partial charge is 0.255 e. The summed E-state index contributed by atoms with van der Waals surface area (Å²) in [6.45, 7) is 3.14. The van der Waals surface area contributed by atoms with Gasteiger partial charge in [0.15, 0.2) is 0 Å². The molecule has 0 atom stereocenters. The molecule has 1 aliphatic rings. The van der Waals surface area contributed by atoms with Gasteiger partial charge in [-0.1, -0.05) is 41.4 Å². The molecule has 0 unspecified atom stereocenters. The third-order valence-electron chi connectivity index (χ3n) is 4.29. The van der Waals surface area contributed by atoms with Crippen LogP contribution in [-0.2, 0) is 10.0 Å². The first-order chi connectivity index (χ1) is 11.9. The third-order valence-corrected chi connectivity index (χ3v) is 6.53. The van der Waals surface area contributed by atoms with Crippen molar-refractivity contribution in [2.24, 2.45) is 0 Å². The Morgan fingerprint density at radius 3 is 2.16 bits per heavy atom. The Morgan fingerprint density at radius 1 is 0.960 bits per heavy atom. The number of halogens is 1. The fraction of sp³-hybridized carbons (Fsp3) is 0.278. The Hall–Kier alpha value is -1.89. The van der Waals surface area contributed by atoms with Crippen LogP contribution in [0, 0.1) is 6.92 Å². The highest BCUT2D eigenvalue weighted by Gasteiger charge is 2.30. The maximum absolute atomic E-state index is 12.7. The fourth-order valence-electron chi connectivity index (χ4n) is 2.80. The van der Waals surface area contributed by atoms with Crippen molar-refractivity contribution in [3.63, 3.8) is 0 Å². The minimum atomic E-state index is -3.53. The van der Waals surface area contributed by atoms with E-state index in [0.29, 0.717) is 23.7 Å². The lowest BCUT2D eigenvalue weighted by Crippen LogP contribution is -2.50. The minimum Gasteiger partial charge on any atom is -0.336 e. The quantitative estimate of drug-likeness (QED) is 0.825. The van der Waals surface area contributed by atoms with Gasteiger partial charge in [-0.2, -0.15) is 4.31 Å². The number of piperazine rings is 1. The number of carbonyl (C=O) groups is 1. The first kappa shape index (κ1) is 17.9. The van der Waals surface area contributed by atoms with Crippen LogP contribution in [0.2, 0.25) is 5.02 Å². The Labute approximate surface area is 152 Å². The van der Waals surface area contributed by atoms with Crippen LogP contribution >= 0.6 is 11.6 Å². The maximum atomic E-state index is 12.7. The van der Waals surface area contributed by atoms with Crippen LogP contribution in [0.25, 0.3) is 0 Å². The van der Waals surface area contributed by atoms with E-state index in [1.54, 1.807) is 53.4 Å². The van der Waals surface area contributed by atoms with E-state index >= 15 is 0 Å². The van der Waals surface area contributed by atoms with Crippen LogP contribution in [0.15, 0.2) is 53.4 Å². The molecule has 2 aromatic rings. The van der Waals surface area contributed by atoms with Crippen molar-refractivity contribution in [3.05, 3.63) is 64.7 Å². The number of carbonyl (C=O) groups excluding carboxylic acids is 1. The number of nitrogens with zero attached hydrogens (tertiary/aromatic N) is 2. The SMILES string of the molecule is Cc1ccc(S(=O)(=O)N2CCN(C(=O)c3ccccc3Cl)CC2)cc1. The monoisotopic (exact) mass is 378 g/mol. The molecule has 0 saturated carbocycles. The van der Waals surface area contributed by atoms with Gasteiger partial charge in [-0.15, -0.1) is 0 Å². The zero-order chi connectivity index (χ0) is 18.0. The molecule has 0 N–H and O–H groups in total. The van der Waals surface area contributed by atoms with Gasteiger partial charge in [0, 0.05) is 26.2 Å². The van der Waals surface area contributed by atoms with Gasteiger partial charge >= 0.3 is 0 Å². The van der Waals surface area contributed by atoms with Gasteiger partial charge in [0.2, 0.25) is 10.0 Å². The number of amides is 1. The molecule has 0 bridgehead atoms. The summed E-state index contributed by atoms with van der Waals surface area (Å²) in [6.07, 6.45) is 0. The van der Waals surface area contributed by atoms with Crippen molar-refractivity contribution in [3.8, 4) is 0 Å². The number of hydrogen-bond donors (Lipinski definition) is 0. The number of sulfonamides is 1. The standard InChI is InChI=1S/C18H19ClN2O3S/c1-14-6-8-15(9-7-14)25(23,24)21-12-10-20(11-13-21)18(22)16-4-2-3-5-17(16)19/h2-9H,10-13H2,1H3. The first-order valence-electron chi connectivity index (χ1n) is 8.00. The highest BCUT2D eigenvalue weighted by atomic mass is 35.5. The van der Waals surface area contributed by atoms with Gasteiger partial charge in [0.25, 0.3) is 5.91 Å². The predicted octanol–water partition coefficient (Wildman–Crippen LogP) is 2.80. The molecule has 0 radical (unpaired) electrons. The van der Waals surface area contributed by atoms with E-state index in [2.05, 4.69) is 0 Å². The topological polar surface area (TPSA) is 57.7 Å². The molecule has 3 rings (SSSR count). The highest BCUT2D eigenvalue weighted by molar-refractivity contribution is 7.89. The van der Waals surface area contributed by atoms with Crippen molar-refractivity contribution in [1.82, 2.24) is 9.21 Å². The Bertz CT molecular complexity index is 873. The Morgan fingerprint density at radius 2 is 1.56 bits per heavy atom. The van der Waals surface area contributed by atoms with E-state index in [9.17, 15) is 13.2 Å². The van der Waals surface area contributed by atoms with Gasteiger partial charge in [-0.05, 0) is 31.2 Å². The Balaban J connectivity index is 1.70. The Kier molecular flexibility index (Phi) is 5.13. The van der Waals surface area contributed by atoms with E-state index in [1.807, 2.05) is 6.92 Å². The van der Waals surface area contributed by atoms with Crippen molar-refractivity contribution < 1.29 is 13.2 Å². The molecule has 1 heterocycles. The zero-order valence-corrected chi connectivity index (χ0v) is 15.4. The van der Waals surface area contributed by atoms with E-state index in [1.165, 1.54) is 4.31 Å². The molecule has 132 valence electrons.